The first kappa shape index (κ1) is 26.6. The highest BCUT2D eigenvalue weighted by molar-refractivity contribution is 14.0. The lowest BCUT2D eigenvalue weighted by Gasteiger charge is -2.35. The van der Waals surface area contributed by atoms with Crippen LogP contribution in [0.5, 0.6) is 0 Å². The number of nitrogens with zero attached hydrogens (tertiary/aromatic N) is 4. The van der Waals surface area contributed by atoms with Crippen molar-refractivity contribution in [1.29, 1.82) is 0 Å². The summed E-state index contributed by atoms with van der Waals surface area (Å²) in [4.78, 5) is 22.9. The van der Waals surface area contributed by atoms with Crippen LogP contribution in [0, 0.1) is 5.92 Å². The number of carbonyl (C=O) groups is 1. The van der Waals surface area contributed by atoms with Crippen LogP contribution in [0.2, 0.25) is 0 Å². The number of guanidine groups is 1. The number of hydrogen-bond acceptors (Lipinski definition) is 4. The van der Waals surface area contributed by atoms with Crippen LogP contribution in [0.25, 0.3) is 0 Å². The van der Waals surface area contributed by atoms with E-state index < -0.39 is 0 Å². The van der Waals surface area contributed by atoms with Gasteiger partial charge in [-0.05, 0) is 30.2 Å². The van der Waals surface area contributed by atoms with E-state index in [0.717, 1.165) is 44.2 Å². The van der Waals surface area contributed by atoms with Crippen molar-refractivity contribution in [3.05, 3.63) is 35.4 Å². The quantitative estimate of drug-likeness (QED) is 0.306. The molecule has 8 heteroatoms. The SMILES string of the molecule is CCN1CCN(CC(C)CNC(=NC)NCc2ccc(C(=O)N(C)C)cc2)CC1.I. The van der Waals surface area contributed by atoms with Gasteiger partial charge in [0.15, 0.2) is 5.96 Å². The van der Waals surface area contributed by atoms with E-state index in [9.17, 15) is 4.79 Å². The molecule has 0 radical (unpaired) electrons. The Kier molecular flexibility index (Phi) is 12.3. The van der Waals surface area contributed by atoms with E-state index in [1.165, 1.54) is 13.1 Å². The number of aliphatic imine (C=N–C) groups is 1. The first-order chi connectivity index (χ1) is 13.9. The molecule has 1 saturated heterocycles. The molecule has 30 heavy (non-hydrogen) atoms. The zero-order chi connectivity index (χ0) is 21.2. The van der Waals surface area contributed by atoms with Crippen molar-refractivity contribution in [3.63, 3.8) is 0 Å². The van der Waals surface area contributed by atoms with E-state index in [1.807, 2.05) is 24.3 Å². The molecule has 1 aromatic carbocycles. The largest absolute Gasteiger partial charge is 0.356 e. The van der Waals surface area contributed by atoms with Gasteiger partial charge >= 0.3 is 0 Å². The van der Waals surface area contributed by atoms with Gasteiger partial charge < -0.3 is 25.3 Å². The fraction of sp³-hybridized carbons (Fsp3) is 0.636. The van der Waals surface area contributed by atoms with Gasteiger partial charge in [0.05, 0.1) is 0 Å². The molecule has 0 aromatic heterocycles. The molecule has 170 valence electrons. The summed E-state index contributed by atoms with van der Waals surface area (Å²) in [7, 11) is 5.32. The topological polar surface area (TPSA) is 63.2 Å². The van der Waals surface area contributed by atoms with Crippen molar-refractivity contribution in [2.75, 3.05) is 67.0 Å². The molecule has 2 rings (SSSR count). The van der Waals surface area contributed by atoms with Gasteiger partial charge in [-0.3, -0.25) is 9.79 Å². The standard InChI is InChI=1S/C22H38N6O.HI/c1-6-27-11-13-28(14-12-27)17-18(2)15-24-22(23-3)25-16-19-7-9-20(10-8-19)21(29)26(4)5;/h7-10,18H,6,11-17H2,1-5H3,(H2,23,24,25);1H. The van der Waals surface area contributed by atoms with E-state index in [0.29, 0.717) is 18.0 Å². The molecule has 0 aliphatic carbocycles. The summed E-state index contributed by atoms with van der Waals surface area (Å²) in [6, 6.07) is 7.71. The minimum absolute atomic E-state index is 0. The maximum absolute atomic E-state index is 12.0. The third-order valence-electron chi connectivity index (χ3n) is 5.39. The highest BCUT2D eigenvalue weighted by Crippen LogP contribution is 2.07. The monoisotopic (exact) mass is 530 g/mol. The predicted molar refractivity (Wildman–Crippen MR) is 136 cm³/mol. The minimum atomic E-state index is 0. The van der Waals surface area contributed by atoms with Crippen LogP contribution in [0.1, 0.15) is 29.8 Å². The number of likely N-dealkylation sites (N-methyl/N-ethyl adjacent to an activating group) is 1. The average Bonchev–Trinajstić information content (AvgIpc) is 2.74. The summed E-state index contributed by atoms with van der Waals surface area (Å²) in [6.45, 7) is 13.0. The summed E-state index contributed by atoms with van der Waals surface area (Å²) >= 11 is 0. The van der Waals surface area contributed by atoms with Crippen LogP contribution < -0.4 is 10.6 Å². The molecule has 1 aliphatic heterocycles. The van der Waals surface area contributed by atoms with Crippen LogP contribution in [0.15, 0.2) is 29.3 Å². The lowest BCUT2D eigenvalue weighted by molar-refractivity contribution is 0.0827. The molecule has 1 atom stereocenters. The molecule has 1 unspecified atom stereocenters. The van der Waals surface area contributed by atoms with Crippen LogP contribution in [0.4, 0.5) is 0 Å². The molecule has 0 saturated carbocycles. The summed E-state index contributed by atoms with van der Waals surface area (Å²) in [5.74, 6) is 1.38. The van der Waals surface area contributed by atoms with Crippen molar-refractivity contribution in [1.82, 2.24) is 25.3 Å². The molecule has 1 amide bonds. The minimum Gasteiger partial charge on any atom is -0.356 e. The summed E-state index contributed by atoms with van der Waals surface area (Å²) in [6.07, 6.45) is 0. The zero-order valence-electron chi connectivity index (χ0n) is 19.1. The highest BCUT2D eigenvalue weighted by atomic mass is 127. The molecule has 0 bridgehead atoms. The van der Waals surface area contributed by atoms with Gasteiger partial charge in [-0.15, -0.1) is 24.0 Å². The van der Waals surface area contributed by atoms with E-state index in [4.69, 9.17) is 0 Å². The third kappa shape index (κ3) is 8.77. The number of nitrogens with one attached hydrogen (secondary N) is 2. The van der Waals surface area contributed by atoms with Gasteiger partial charge in [0.1, 0.15) is 0 Å². The smallest absolute Gasteiger partial charge is 0.253 e. The Morgan fingerprint density at radius 1 is 1.10 bits per heavy atom. The lowest BCUT2D eigenvalue weighted by atomic mass is 10.1. The van der Waals surface area contributed by atoms with E-state index in [-0.39, 0.29) is 29.9 Å². The number of piperazine rings is 1. The molecule has 1 aromatic rings. The van der Waals surface area contributed by atoms with Crippen molar-refractivity contribution in [2.24, 2.45) is 10.9 Å². The van der Waals surface area contributed by atoms with Gasteiger partial charge in [0, 0.05) is 72.5 Å². The van der Waals surface area contributed by atoms with Crippen LogP contribution in [-0.4, -0.2) is 93.5 Å². The Balaban J connectivity index is 0.00000450. The van der Waals surface area contributed by atoms with Crippen molar-refractivity contribution < 1.29 is 4.79 Å². The zero-order valence-corrected chi connectivity index (χ0v) is 21.5. The first-order valence-corrected chi connectivity index (χ1v) is 10.6. The van der Waals surface area contributed by atoms with Crippen molar-refractivity contribution in [3.8, 4) is 0 Å². The normalized spacial score (nSPS) is 16.5. The number of rotatable bonds is 8. The van der Waals surface area contributed by atoms with Crippen LogP contribution in [0.3, 0.4) is 0 Å². The first-order valence-electron chi connectivity index (χ1n) is 10.6. The van der Waals surface area contributed by atoms with Crippen molar-refractivity contribution >= 4 is 35.8 Å². The van der Waals surface area contributed by atoms with E-state index in [1.54, 1.807) is 26.0 Å². The molecule has 1 heterocycles. The number of amides is 1. The second kappa shape index (κ2) is 13.8. The summed E-state index contributed by atoms with van der Waals surface area (Å²) in [5, 5.41) is 6.79. The molecule has 0 spiro atoms. The fourth-order valence-corrected chi connectivity index (χ4v) is 3.49. The maximum atomic E-state index is 12.0. The Labute approximate surface area is 199 Å². The second-order valence-corrected chi connectivity index (χ2v) is 8.04. The van der Waals surface area contributed by atoms with Gasteiger partial charge in [-0.25, -0.2) is 0 Å². The molecule has 1 aliphatic rings. The lowest BCUT2D eigenvalue weighted by Crippen LogP contribution is -2.48. The number of halogens is 1. The maximum Gasteiger partial charge on any atom is 0.253 e. The summed E-state index contributed by atoms with van der Waals surface area (Å²) in [5.41, 5.74) is 1.82. The van der Waals surface area contributed by atoms with Gasteiger partial charge in [-0.2, -0.15) is 0 Å². The molecular weight excluding hydrogens is 491 g/mol. The fourth-order valence-electron chi connectivity index (χ4n) is 3.49. The average molecular weight is 530 g/mol. The predicted octanol–water partition coefficient (Wildman–Crippen LogP) is 1.95. The molecule has 1 fully saturated rings. The van der Waals surface area contributed by atoms with Crippen molar-refractivity contribution in [2.45, 2.75) is 20.4 Å². The van der Waals surface area contributed by atoms with E-state index >= 15 is 0 Å². The van der Waals surface area contributed by atoms with E-state index in [2.05, 4.69) is 39.3 Å². The second-order valence-electron chi connectivity index (χ2n) is 8.04. The van der Waals surface area contributed by atoms with Gasteiger partial charge in [-0.1, -0.05) is 26.0 Å². The molecule has 7 nitrogen and oxygen atoms in total. The van der Waals surface area contributed by atoms with Gasteiger partial charge in [0.25, 0.3) is 5.91 Å². The van der Waals surface area contributed by atoms with Crippen LogP contribution in [-0.2, 0) is 6.54 Å². The third-order valence-corrected chi connectivity index (χ3v) is 5.39. The highest BCUT2D eigenvalue weighted by Gasteiger charge is 2.17. The Morgan fingerprint density at radius 2 is 1.70 bits per heavy atom. The summed E-state index contributed by atoms with van der Waals surface area (Å²) < 4.78 is 0. The Hall–Kier alpha value is -1.39. The van der Waals surface area contributed by atoms with Crippen LogP contribution >= 0.6 is 24.0 Å². The Bertz CT molecular complexity index is 656. The molecule has 2 N–H and O–H groups in total. The Morgan fingerprint density at radius 3 is 2.23 bits per heavy atom. The number of benzene rings is 1. The molecular formula is C22H39IN6O. The number of carbonyl (C=O) groups excluding carboxylic acids is 1. The number of hydrogen-bond donors (Lipinski definition) is 2. The van der Waals surface area contributed by atoms with Gasteiger partial charge in [0.2, 0.25) is 0 Å².